The van der Waals surface area contributed by atoms with Gasteiger partial charge in [0.05, 0.1) is 0 Å². The zero-order valence-corrected chi connectivity index (χ0v) is 14.3. The molecule has 0 N–H and O–H groups in total. The minimum atomic E-state index is -0.325. The van der Waals surface area contributed by atoms with Crippen molar-refractivity contribution in [1.29, 1.82) is 0 Å². The molecule has 22 heavy (non-hydrogen) atoms. The molecule has 0 spiro atoms. The van der Waals surface area contributed by atoms with Crippen molar-refractivity contribution in [3.8, 4) is 0 Å². The third kappa shape index (κ3) is 13.9. The summed E-state index contributed by atoms with van der Waals surface area (Å²) in [4.78, 5) is 11.2. The first-order valence-corrected chi connectivity index (χ1v) is 7.60. The predicted molar refractivity (Wildman–Crippen MR) is 103 cm³/mol. The third-order valence-electron chi connectivity index (χ3n) is 3.12. The second-order valence-corrected chi connectivity index (χ2v) is 5.84. The molecule has 0 aromatic heterocycles. The van der Waals surface area contributed by atoms with Crippen molar-refractivity contribution in [2.24, 2.45) is 0 Å². The summed E-state index contributed by atoms with van der Waals surface area (Å²) in [6, 6.07) is 0. The van der Waals surface area contributed by atoms with Crippen LogP contribution in [-0.4, -0.2) is 30.2 Å². The van der Waals surface area contributed by atoms with E-state index in [-0.39, 0.29) is 23.6 Å². The average Bonchev–Trinajstić information content (AvgIpc) is 2.37. The zero-order valence-electron chi connectivity index (χ0n) is 14.3. The molecule has 0 aromatic carbocycles. The van der Waals surface area contributed by atoms with Crippen LogP contribution >= 0.6 is 0 Å². The number of hydrogen-bond acceptors (Lipinski definition) is 2. The van der Waals surface area contributed by atoms with E-state index in [0.717, 1.165) is 25.7 Å². The van der Waals surface area contributed by atoms with Crippen LogP contribution in [-0.2, 0) is 9.53 Å². The Morgan fingerprint density at radius 3 is 1.91 bits per heavy atom. The molecule has 0 amide bonds. The molecule has 0 aliphatic carbocycles. The van der Waals surface area contributed by atoms with Crippen molar-refractivity contribution in [1.82, 2.24) is 0 Å². The Morgan fingerprint density at radius 2 is 1.41 bits per heavy atom. The monoisotopic (exact) mass is 368 g/mol. The Balaban J connectivity index is 0. The van der Waals surface area contributed by atoms with E-state index in [4.69, 9.17) is 4.74 Å². The third-order valence-corrected chi connectivity index (χ3v) is 3.12. The topological polar surface area (TPSA) is 26.3 Å². The van der Waals surface area contributed by atoms with Crippen LogP contribution in [0.4, 0.5) is 0 Å². The van der Waals surface area contributed by atoms with E-state index >= 15 is 0 Å². The minimum absolute atomic E-state index is 0. The number of esters is 1. The van der Waals surface area contributed by atoms with Crippen molar-refractivity contribution < 1.29 is 9.53 Å². The molecule has 0 saturated heterocycles. The van der Waals surface area contributed by atoms with Crippen molar-refractivity contribution in [2.75, 3.05) is 6.61 Å². The summed E-state index contributed by atoms with van der Waals surface area (Å²) in [6.07, 6.45) is 10.8. The first-order chi connectivity index (χ1) is 9.82. The second kappa shape index (κ2) is 13.6. The summed E-state index contributed by atoms with van der Waals surface area (Å²) in [5, 5.41) is 0. The van der Waals surface area contributed by atoms with Gasteiger partial charge in [0.1, 0.15) is 6.61 Å². The van der Waals surface area contributed by atoms with Gasteiger partial charge in [-0.15, -0.1) is 0 Å². The van der Waals surface area contributed by atoms with Gasteiger partial charge in [-0.1, -0.05) is 35.5 Å². The first-order valence-electron chi connectivity index (χ1n) is 7.60. The molecular formula is C19H34GeO2. The standard InChI is InChI=1S/C19H30O2.GeH4/c1-15(2)9-7-10-17(5)11-8-12-18(6)13-14-21-19(20)16(3)4;/h9,11,13H,3,7-8,10,12,14H2,1-2,4-6H3;1H4. The Labute approximate surface area is 147 Å². The van der Waals surface area contributed by atoms with Gasteiger partial charge in [0.15, 0.2) is 0 Å². The molecule has 2 nitrogen and oxygen atoms in total. The van der Waals surface area contributed by atoms with Gasteiger partial charge in [0.2, 0.25) is 0 Å². The van der Waals surface area contributed by atoms with Gasteiger partial charge in [0, 0.05) is 5.57 Å². The summed E-state index contributed by atoms with van der Waals surface area (Å²) in [5.41, 5.74) is 4.51. The summed E-state index contributed by atoms with van der Waals surface area (Å²) in [7, 11) is 0. The predicted octanol–water partition coefficient (Wildman–Crippen LogP) is 4.07. The van der Waals surface area contributed by atoms with Gasteiger partial charge in [-0.25, -0.2) is 4.79 Å². The maximum absolute atomic E-state index is 11.2. The number of hydrogen-bond donors (Lipinski definition) is 0. The summed E-state index contributed by atoms with van der Waals surface area (Å²) >= 11 is 0. The molecule has 0 radical (unpaired) electrons. The molecule has 0 aliphatic rings. The van der Waals surface area contributed by atoms with Gasteiger partial charge < -0.3 is 4.74 Å². The van der Waals surface area contributed by atoms with Gasteiger partial charge in [-0.3, -0.25) is 0 Å². The van der Waals surface area contributed by atoms with Gasteiger partial charge >= 0.3 is 23.6 Å². The normalized spacial score (nSPS) is 11.5. The molecule has 0 aromatic rings. The number of carbonyl (C=O) groups is 1. The fourth-order valence-electron chi connectivity index (χ4n) is 1.72. The van der Waals surface area contributed by atoms with Crippen LogP contribution in [0.25, 0.3) is 0 Å². The summed E-state index contributed by atoms with van der Waals surface area (Å²) < 4.78 is 5.04. The molecule has 0 heterocycles. The van der Waals surface area contributed by atoms with Crippen LogP contribution in [0, 0.1) is 0 Å². The van der Waals surface area contributed by atoms with Crippen LogP contribution in [0.2, 0.25) is 0 Å². The van der Waals surface area contributed by atoms with Gasteiger partial charge in [-0.2, -0.15) is 0 Å². The molecule has 0 aliphatic heterocycles. The van der Waals surface area contributed by atoms with E-state index in [1.54, 1.807) is 6.92 Å². The van der Waals surface area contributed by atoms with E-state index in [0.29, 0.717) is 12.2 Å². The van der Waals surface area contributed by atoms with Crippen LogP contribution < -0.4 is 0 Å². The Hall–Kier alpha value is -1.03. The molecule has 126 valence electrons. The number of ether oxygens (including phenoxy) is 1. The fraction of sp³-hybridized carbons (Fsp3) is 0.526. The van der Waals surface area contributed by atoms with E-state index in [1.165, 1.54) is 16.7 Å². The number of carbonyl (C=O) groups excluding carboxylic acids is 1. The van der Waals surface area contributed by atoms with Crippen molar-refractivity contribution >= 4 is 23.6 Å². The quantitative estimate of drug-likeness (QED) is 0.266. The number of allylic oxidation sites excluding steroid dienone is 5. The van der Waals surface area contributed by atoms with E-state index in [9.17, 15) is 4.79 Å². The first kappa shape index (κ1) is 23.2. The SMILES string of the molecule is C=C(C)C(=O)OCC=C(C)CCC=C(C)CCC=C(C)C.[GeH4]. The van der Waals surface area contributed by atoms with E-state index < -0.39 is 0 Å². The summed E-state index contributed by atoms with van der Waals surface area (Å²) in [6.45, 7) is 14.1. The number of rotatable bonds is 9. The Bertz CT molecular complexity index is 438. The van der Waals surface area contributed by atoms with E-state index in [2.05, 4.69) is 46.4 Å². The fourth-order valence-corrected chi connectivity index (χ4v) is 1.72. The van der Waals surface area contributed by atoms with Crippen molar-refractivity contribution in [2.45, 2.75) is 60.3 Å². The molecule has 0 unspecified atom stereocenters. The van der Waals surface area contributed by atoms with Crippen LogP contribution in [0.15, 0.2) is 47.1 Å². The molecule has 0 saturated carbocycles. The Morgan fingerprint density at radius 1 is 0.909 bits per heavy atom. The van der Waals surface area contributed by atoms with Crippen LogP contribution in [0.5, 0.6) is 0 Å². The zero-order chi connectivity index (χ0) is 16.3. The Kier molecular flexibility index (Phi) is 14.4. The molecule has 0 rings (SSSR count). The summed E-state index contributed by atoms with van der Waals surface area (Å²) in [5.74, 6) is -0.325. The van der Waals surface area contributed by atoms with E-state index in [1.807, 2.05) is 6.08 Å². The molecule has 3 heteroatoms. The van der Waals surface area contributed by atoms with Crippen molar-refractivity contribution in [3.63, 3.8) is 0 Å². The van der Waals surface area contributed by atoms with Gasteiger partial charge in [-0.05, 0) is 66.4 Å². The second-order valence-electron chi connectivity index (χ2n) is 5.84. The van der Waals surface area contributed by atoms with Crippen LogP contribution in [0.1, 0.15) is 60.3 Å². The molecular weight excluding hydrogens is 333 g/mol. The molecule has 0 bridgehead atoms. The molecule has 0 atom stereocenters. The van der Waals surface area contributed by atoms with Crippen LogP contribution in [0.3, 0.4) is 0 Å². The molecule has 0 fully saturated rings. The average molecular weight is 367 g/mol. The van der Waals surface area contributed by atoms with Crippen molar-refractivity contribution in [3.05, 3.63) is 47.1 Å². The van der Waals surface area contributed by atoms with Gasteiger partial charge in [0.25, 0.3) is 0 Å². The maximum atomic E-state index is 11.2.